The Morgan fingerprint density at radius 2 is 2.50 bits per heavy atom. The fourth-order valence-electron chi connectivity index (χ4n) is 1.14. The summed E-state index contributed by atoms with van der Waals surface area (Å²) in [6, 6.07) is 2.59. The summed E-state index contributed by atoms with van der Waals surface area (Å²) < 4.78 is 5.08. The van der Waals surface area contributed by atoms with E-state index in [9.17, 15) is 0 Å². The van der Waals surface area contributed by atoms with Crippen molar-refractivity contribution in [2.45, 2.75) is 12.5 Å². The Kier molecular flexibility index (Phi) is 4.29. The van der Waals surface area contributed by atoms with Gasteiger partial charge in [-0.05, 0) is 35.9 Å². The number of methoxy groups -OCH3 is 1. The molecule has 68 valence electrons. The van der Waals surface area contributed by atoms with Crippen LogP contribution >= 0.6 is 11.3 Å². The molecule has 1 atom stereocenters. The third kappa shape index (κ3) is 2.93. The standard InChI is InChI=1S/C9H15NOS/c1-10-9(6-11-2)5-8-3-4-12-7-8/h3-4,7,9-10H,5-6H2,1-2H3. The lowest BCUT2D eigenvalue weighted by atomic mass is 10.1. The highest BCUT2D eigenvalue weighted by Gasteiger charge is 2.05. The van der Waals surface area contributed by atoms with Crippen molar-refractivity contribution in [3.8, 4) is 0 Å². The Morgan fingerprint density at radius 1 is 1.67 bits per heavy atom. The van der Waals surface area contributed by atoms with Gasteiger partial charge in [0.25, 0.3) is 0 Å². The van der Waals surface area contributed by atoms with E-state index in [1.807, 2.05) is 7.05 Å². The van der Waals surface area contributed by atoms with Gasteiger partial charge in [-0.1, -0.05) is 0 Å². The third-order valence-corrected chi connectivity index (χ3v) is 2.57. The Balaban J connectivity index is 2.37. The highest BCUT2D eigenvalue weighted by Crippen LogP contribution is 2.08. The first-order chi connectivity index (χ1) is 5.86. The second kappa shape index (κ2) is 5.30. The lowest BCUT2D eigenvalue weighted by Gasteiger charge is -2.13. The first kappa shape index (κ1) is 9.71. The molecule has 1 N–H and O–H groups in total. The summed E-state index contributed by atoms with van der Waals surface area (Å²) in [7, 11) is 3.70. The van der Waals surface area contributed by atoms with Crippen molar-refractivity contribution in [3.05, 3.63) is 22.4 Å². The van der Waals surface area contributed by atoms with Crippen molar-refractivity contribution in [2.24, 2.45) is 0 Å². The zero-order valence-electron chi connectivity index (χ0n) is 7.54. The molecule has 3 heteroatoms. The summed E-state index contributed by atoms with van der Waals surface area (Å²) >= 11 is 1.74. The molecule has 0 fully saturated rings. The summed E-state index contributed by atoms with van der Waals surface area (Å²) in [5.41, 5.74) is 1.39. The van der Waals surface area contributed by atoms with Crippen molar-refractivity contribution in [1.29, 1.82) is 0 Å². The predicted octanol–water partition coefficient (Wildman–Crippen LogP) is 1.52. The molecule has 0 spiro atoms. The Bertz CT molecular complexity index is 198. The van der Waals surface area contributed by atoms with Gasteiger partial charge in [0.1, 0.15) is 0 Å². The molecule has 0 bridgehead atoms. The van der Waals surface area contributed by atoms with Crippen LogP contribution in [0.15, 0.2) is 16.8 Å². The van der Waals surface area contributed by atoms with Gasteiger partial charge in [0.05, 0.1) is 6.61 Å². The van der Waals surface area contributed by atoms with E-state index in [2.05, 4.69) is 22.1 Å². The molecular weight excluding hydrogens is 170 g/mol. The van der Waals surface area contributed by atoms with E-state index in [0.29, 0.717) is 6.04 Å². The van der Waals surface area contributed by atoms with Crippen LogP contribution in [0.1, 0.15) is 5.56 Å². The molecule has 0 aliphatic heterocycles. The largest absolute Gasteiger partial charge is 0.383 e. The summed E-state index contributed by atoms with van der Waals surface area (Å²) in [4.78, 5) is 0. The smallest absolute Gasteiger partial charge is 0.0618 e. The maximum atomic E-state index is 5.08. The van der Waals surface area contributed by atoms with Crippen molar-refractivity contribution < 1.29 is 4.74 Å². The average Bonchev–Trinajstić information content (AvgIpc) is 2.56. The first-order valence-corrected chi connectivity index (χ1v) is 4.98. The third-order valence-electron chi connectivity index (χ3n) is 1.84. The molecule has 12 heavy (non-hydrogen) atoms. The molecule has 1 heterocycles. The number of likely N-dealkylation sites (N-methyl/N-ethyl adjacent to an activating group) is 1. The second-order valence-electron chi connectivity index (χ2n) is 2.78. The Hall–Kier alpha value is -0.380. The molecule has 1 aromatic heterocycles. The maximum Gasteiger partial charge on any atom is 0.0618 e. The van der Waals surface area contributed by atoms with Crippen LogP contribution in [-0.2, 0) is 11.2 Å². The van der Waals surface area contributed by atoms with Gasteiger partial charge in [-0.2, -0.15) is 11.3 Å². The molecule has 0 saturated heterocycles. The van der Waals surface area contributed by atoms with Crippen molar-refractivity contribution >= 4 is 11.3 Å². The van der Waals surface area contributed by atoms with Gasteiger partial charge in [0.2, 0.25) is 0 Å². The summed E-state index contributed by atoms with van der Waals surface area (Å²) in [5, 5.41) is 7.51. The molecular formula is C9H15NOS. The molecule has 0 radical (unpaired) electrons. The maximum absolute atomic E-state index is 5.08. The highest BCUT2D eigenvalue weighted by molar-refractivity contribution is 7.07. The SMILES string of the molecule is CNC(COC)Cc1ccsc1. The average molecular weight is 185 g/mol. The number of nitrogens with one attached hydrogen (secondary N) is 1. The fraction of sp³-hybridized carbons (Fsp3) is 0.556. The summed E-state index contributed by atoms with van der Waals surface area (Å²) in [6.07, 6.45) is 1.05. The van der Waals surface area contributed by atoms with Crippen LogP contribution in [0.5, 0.6) is 0 Å². The van der Waals surface area contributed by atoms with Crippen LogP contribution in [0.2, 0.25) is 0 Å². The van der Waals surface area contributed by atoms with E-state index < -0.39 is 0 Å². The number of hydrogen-bond acceptors (Lipinski definition) is 3. The van der Waals surface area contributed by atoms with Gasteiger partial charge >= 0.3 is 0 Å². The lowest BCUT2D eigenvalue weighted by Crippen LogP contribution is -2.31. The normalized spacial score (nSPS) is 13.2. The Labute approximate surface area is 77.6 Å². The molecule has 0 amide bonds. The van der Waals surface area contributed by atoms with Crippen molar-refractivity contribution in [1.82, 2.24) is 5.32 Å². The minimum absolute atomic E-state index is 0.435. The highest BCUT2D eigenvalue weighted by atomic mass is 32.1. The number of thiophene rings is 1. The fourth-order valence-corrected chi connectivity index (χ4v) is 1.82. The Morgan fingerprint density at radius 3 is 3.00 bits per heavy atom. The van der Waals surface area contributed by atoms with E-state index in [1.165, 1.54) is 5.56 Å². The molecule has 1 rings (SSSR count). The van der Waals surface area contributed by atoms with E-state index in [0.717, 1.165) is 13.0 Å². The predicted molar refractivity (Wildman–Crippen MR) is 52.7 cm³/mol. The molecule has 1 aromatic rings. The van der Waals surface area contributed by atoms with Gasteiger partial charge in [-0.3, -0.25) is 0 Å². The quantitative estimate of drug-likeness (QED) is 0.751. The number of hydrogen-bond donors (Lipinski definition) is 1. The molecule has 0 aliphatic rings. The second-order valence-corrected chi connectivity index (χ2v) is 3.56. The molecule has 1 unspecified atom stereocenters. The van der Waals surface area contributed by atoms with Crippen LogP contribution in [-0.4, -0.2) is 26.8 Å². The van der Waals surface area contributed by atoms with Gasteiger partial charge in [0.15, 0.2) is 0 Å². The zero-order chi connectivity index (χ0) is 8.81. The van der Waals surface area contributed by atoms with Crippen LogP contribution < -0.4 is 5.32 Å². The topological polar surface area (TPSA) is 21.3 Å². The van der Waals surface area contributed by atoms with E-state index in [4.69, 9.17) is 4.74 Å². The van der Waals surface area contributed by atoms with Crippen LogP contribution in [0, 0.1) is 0 Å². The number of rotatable bonds is 5. The summed E-state index contributed by atoms with van der Waals surface area (Å²) in [6.45, 7) is 0.770. The van der Waals surface area contributed by atoms with E-state index >= 15 is 0 Å². The molecule has 0 aliphatic carbocycles. The molecule has 0 aromatic carbocycles. The molecule has 0 saturated carbocycles. The minimum Gasteiger partial charge on any atom is -0.383 e. The minimum atomic E-state index is 0.435. The van der Waals surface area contributed by atoms with Gasteiger partial charge in [-0.15, -0.1) is 0 Å². The van der Waals surface area contributed by atoms with Crippen molar-refractivity contribution in [3.63, 3.8) is 0 Å². The number of ether oxygens (including phenoxy) is 1. The van der Waals surface area contributed by atoms with E-state index in [-0.39, 0.29) is 0 Å². The van der Waals surface area contributed by atoms with Crippen LogP contribution in [0.25, 0.3) is 0 Å². The zero-order valence-corrected chi connectivity index (χ0v) is 8.36. The lowest BCUT2D eigenvalue weighted by molar-refractivity contribution is 0.169. The van der Waals surface area contributed by atoms with Crippen LogP contribution in [0.3, 0.4) is 0 Å². The van der Waals surface area contributed by atoms with Gasteiger partial charge in [-0.25, -0.2) is 0 Å². The molecule has 2 nitrogen and oxygen atoms in total. The van der Waals surface area contributed by atoms with Gasteiger partial charge < -0.3 is 10.1 Å². The van der Waals surface area contributed by atoms with E-state index in [1.54, 1.807) is 18.4 Å². The first-order valence-electron chi connectivity index (χ1n) is 4.04. The van der Waals surface area contributed by atoms with Gasteiger partial charge in [0, 0.05) is 13.2 Å². The summed E-state index contributed by atoms with van der Waals surface area (Å²) in [5.74, 6) is 0. The van der Waals surface area contributed by atoms with Crippen molar-refractivity contribution in [2.75, 3.05) is 20.8 Å². The van der Waals surface area contributed by atoms with Crippen LogP contribution in [0.4, 0.5) is 0 Å². The monoisotopic (exact) mass is 185 g/mol.